The minimum Gasteiger partial charge on any atom is -0.493 e. The SMILES string of the molecule is Cc1ccc2c(c1)SNC(C(=O)NCC(c1cccc(OCC3CC3)c1)c1ncco1)=N2. The molecule has 0 spiro atoms. The summed E-state index contributed by atoms with van der Waals surface area (Å²) in [5.41, 5.74) is 2.90. The van der Waals surface area contributed by atoms with Crippen LogP contribution in [0.4, 0.5) is 5.69 Å². The Morgan fingerprint density at radius 2 is 2.22 bits per heavy atom. The Hall–Kier alpha value is -3.26. The van der Waals surface area contributed by atoms with E-state index in [2.05, 4.69) is 20.0 Å². The lowest BCUT2D eigenvalue weighted by molar-refractivity contribution is -0.115. The van der Waals surface area contributed by atoms with Crippen LogP contribution in [0.5, 0.6) is 5.75 Å². The van der Waals surface area contributed by atoms with Gasteiger partial charge in [-0.05, 0) is 73.0 Å². The van der Waals surface area contributed by atoms with Crippen molar-refractivity contribution in [3.8, 4) is 5.75 Å². The molecule has 0 saturated heterocycles. The molecule has 1 aromatic heterocycles. The summed E-state index contributed by atoms with van der Waals surface area (Å²) in [5.74, 6) is 1.79. The van der Waals surface area contributed by atoms with Crippen LogP contribution in [-0.2, 0) is 4.79 Å². The molecule has 7 nitrogen and oxygen atoms in total. The van der Waals surface area contributed by atoms with Gasteiger partial charge in [0.2, 0.25) is 11.7 Å². The molecule has 32 heavy (non-hydrogen) atoms. The molecular weight excluding hydrogens is 424 g/mol. The summed E-state index contributed by atoms with van der Waals surface area (Å²) in [6.07, 6.45) is 5.63. The van der Waals surface area contributed by atoms with Crippen molar-refractivity contribution in [3.05, 3.63) is 71.9 Å². The number of rotatable bonds is 8. The smallest absolute Gasteiger partial charge is 0.287 e. The van der Waals surface area contributed by atoms with E-state index in [0.29, 0.717) is 18.4 Å². The van der Waals surface area contributed by atoms with Crippen LogP contribution >= 0.6 is 11.9 Å². The van der Waals surface area contributed by atoms with Gasteiger partial charge in [-0.3, -0.25) is 4.79 Å². The van der Waals surface area contributed by atoms with Crippen molar-refractivity contribution in [2.24, 2.45) is 10.9 Å². The highest BCUT2D eigenvalue weighted by atomic mass is 32.2. The van der Waals surface area contributed by atoms with Crippen LogP contribution < -0.4 is 14.8 Å². The number of aryl methyl sites for hydroxylation is 1. The van der Waals surface area contributed by atoms with E-state index >= 15 is 0 Å². The van der Waals surface area contributed by atoms with E-state index in [0.717, 1.165) is 34.1 Å². The second-order valence-electron chi connectivity index (χ2n) is 8.10. The molecule has 0 bridgehead atoms. The second-order valence-corrected chi connectivity index (χ2v) is 8.94. The molecule has 1 saturated carbocycles. The summed E-state index contributed by atoms with van der Waals surface area (Å²) in [5, 5.41) is 2.97. The van der Waals surface area contributed by atoms with E-state index in [9.17, 15) is 4.79 Å². The number of fused-ring (bicyclic) bond motifs is 1. The standard InChI is InChI=1S/C24H24N4O3S/c1-15-5-8-20-21(11-15)32-28-22(27-20)23(29)26-13-19(24-25-9-10-30-24)17-3-2-4-18(12-17)31-14-16-6-7-16/h2-5,8-12,16,19H,6-7,13-14H2,1H3,(H,26,29)(H,27,28). The molecule has 8 heteroatoms. The third-order valence-electron chi connectivity index (χ3n) is 5.48. The second kappa shape index (κ2) is 9.08. The van der Waals surface area contributed by atoms with E-state index < -0.39 is 0 Å². The van der Waals surface area contributed by atoms with Gasteiger partial charge in [0.05, 0.1) is 29.3 Å². The normalized spacial score (nSPS) is 15.8. The average Bonchev–Trinajstić information content (AvgIpc) is 3.49. The number of oxazole rings is 1. The Morgan fingerprint density at radius 3 is 3.03 bits per heavy atom. The minimum absolute atomic E-state index is 0.245. The van der Waals surface area contributed by atoms with Crippen molar-refractivity contribution in [1.29, 1.82) is 0 Å². The molecule has 1 fully saturated rings. The third kappa shape index (κ3) is 4.80. The quantitative estimate of drug-likeness (QED) is 0.498. The molecule has 5 rings (SSSR count). The first kappa shape index (κ1) is 20.6. The Bertz CT molecular complexity index is 1140. The van der Waals surface area contributed by atoms with Gasteiger partial charge in [0.25, 0.3) is 5.91 Å². The third-order valence-corrected chi connectivity index (χ3v) is 6.32. The molecule has 1 aliphatic carbocycles. The lowest BCUT2D eigenvalue weighted by Gasteiger charge is -2.19. The van der Waals surface area contributed by atoms with Crippen LogP contribution in [0.15, 0.2) is 69.2 Å². The van der Waals surface area contributed by atoms with Gasteiger partial charge in [-0.1, -0.05) is 18.2 Å². The van der Waals surface area contributed by atoms with Gasteiger partial charge in [0, 0.05) is 6.54 Å². The van der Waals surface area contributed by atoms with E-state index in [4.69, 9.17) is 9.15 Å². The molecule has 1 unspecified atom stereocenters. The maximum atomic E-state index is 12.8. The van der Waals surface area contributed by atoms with Crippen LogP contribution in [-0.4, -0.2) is 29.9 Å². The van der Waals surface area contributed by atoms with Gasteiger partial charge in [0.1, 0.15) is 12.0 Å². The highest BCUT2D eigenvalue weighted by Crippen LogP contribution is 2.33. The first-order valence-electron chi connectivity index (χ1n) is 10.7. The lowest BCUT2D eigenvalue weighted by atomic mass is 9.98. The molecule has 2 aliphatic rings. The molecule has 2 heterocycles. The fourth-order valence-electron chi connectivity index (χ4n) is 3.49. The number of hydrogen-bond donors (Lipinski definition) is 2. The van der Waals surface area contributed by atoms with E-state index in [1.54, 1.807) is 12.5 Å². The van der Waals surface area contributed by atoms with Crippen molar-refractivity contribution in [2.75, 3.05) is 13.2 Å². The number of amides is 1. The van der Waals surface area contributed by atoms with Crippen molar-refractivity contribution in [3.63, 3.8) is 0 Å². The Kier molecular flexibility index (Phi) is 5.85. The topological polar surface area (TPSA) is 88.8 Å². The van der Waals surface area contributed by atoms with Crippen LogP contribution in [0, 0.1) is 12.8 Å². The largest absolute Gasteiger partial charge is 0.493 e. The van der Waals surface area contributed by atoms with Crippen molar-refractivity contribution >= 4 is 29.4 Å². The van der Waals surface area contributed by atoms with Crippen molar-refractivity contribution < 1.29 is 13.9 Å². The molecule has 1 atom stereocenters. The highest BCUT2D eigenvalue weighted by Gasteiger charge is 2.24. The van der Waals surface area contributed by atoms with E-state index in [1.165, 1.54) is 24.8 Å². The van der Waals surface area contributed by atoms with Crippen molar-refractivity contribution in [1.82, 2.24) is 15.0 Å². The number of nitrogens with one attached hydrogen (secondary N) is 2. The average molecular weight is 449 g/mol. The zero-order valence-corrected chi connectivity index (χ0v) is 18.5. The predicted molar refractivity (Wildman–Crippen MR) is 123 cm³/mol. The zero-order valence-electron chi connectivity index (χ0n) is 17.7. The molecular formula is C24H24N4O3S. The summed E-state index contributed by atoms with van der Waals surface area (Å²) in [6, 6.07) is 13.9. The Labute approximate surface area is 190 Å². The van der Waals surface area contributed by atoms with Crippen LogP contribution in [0.25, 0.3) is 0 Å². The fourth-order valence-corrected chi connectivity index (χ4v) is 4.30. The molecule has 3 aromatic rings. The zero-order chi connectivity index (χ0) is 21.9. The number of hydrogen-bond acceptors (Lipinski definition) is 7. The Morgan fingerprint density at radius 1 is 1.31 bits per heavy atom. The van der Waals surface area contributed by atoms with Gasteiger partial charge in [-0.15, -0.1) is 0 Å². The van der Waals surface area contributed by atoms with Crippen LogP contribution in [0.1, 0.15) is 35.8 Å². The minimum atomic E-state index is -0.276. The monoisotopic (exact) mass is 448 g/mol. The maximum Gasteiger partial charge on any atom is 0.287 e. The first-order chi connectivity index (χ1) is 15.7. The number of amidine groups is 1. The van der Waals surface area contributed by atoms with Crippen LogP contribution in [0.2, 0.25) is 0 Å². The van der Waals surface area contributed by atoms with Gasteiger partial charge in [-0.25, -0.2) is 9.98 Å². The molecule has 164 valence electrons. The number of carbonyl (C=O) groups is 1. The summed E-state index contributed by atoms with van der Waals surface area (Å²) < 4.78 is 14.5. The van der Waals surface area contributed by atoms with Crippen LogP contribution in [0.3, 0.4) is 0 Å². The van der Waals surface area contributed by atoms with E-state index in [-0.39, 0.29) is 17.7 Å². The maximum absolute atomic E-state index is 12.8. The van der Waals surface area contributed by atoms with Gasteiger partial charge >= 0.3 is 0 Å². The molecule has 1 amide bonds. The number of ether oxygens (including phenoxy) is 1. The molecule has 1 aliphatic heterocycles. The summed E-state index contributed by atoms with van der Waals surface area (Å²) >= 11 is 1.39. The summed E-state index contributed by atoms with van der Waals surface area (Å²) in [4.78, 5) is 22.6. The number of aromatic nitrogens is 1. The van der Waals surface area contributed by atoms with Crippen molar-refractivity contribution in [2.45, 2.75) is 30.6 Å². The Balaban J connectivity index is 1.30. The van der Waals surface area contributed by atoms with E-state index in [1.807, 2.05) is 49.4 Å². The van der Waals surface area contributed by atoms with Gasteiger partial charge in [-0.2, -0.15) is 0 Å². The molecule has 2 aromatic carbocycles. The first-order valence-corrected chi connectivity index (χ1v) is 11.5. The fraction of sp³-hybridized carbons (Fsp3) is 0.292. The lowest BCUT2D eigenvalue weighted by Crippen LogP contribution is -2.40. The number of carbonyl (C=O) groups excluding carboxylic acids is 1. The van der Waals surface area contributed by atoms with Gasteiger partial charge < -0.3 is 19.2 Å². The molecule has 2 N–H and O–H groups in total. The number of aliphatic imine (C=N–C) groups is 1. The predicted octanol–water partition coefficient (Wildman–Crippen LogP) is 4.36. The summed E-state index contributed by atoms with van der Waals surface area (Å²) in [7, 11) is 0. The summed E-state index contributed by atoms with van der Waals surface area (Å²) in [6.45, 7) is 3.09. The highest BCUT2D eigenvalue weighted by molar-refractivity contribution is 7.98. The number of benzene rings is 2. The number of nitrogens with zero attached hydrogens (tertiary/aromatic N) is 2. The van der Waals surface area contributed by atoms with Gasteiger partial charge in [0.15, 0.2) is 0 Å². The molecule has 0 radical (unpaired) electrons.